The molecule has 2 aromatic carbocycles. The minimum absolute atomic E-state index is 0.101. The lowest BCUT2D eigenvalue weighted by atomic mass is 10.0. The molecule has 0 unspecified atom stereocenters. The summed E-state index contributed by atoms with van der Waals surface area (Å²) in [5.74, 6) is 0.968. The summed E-state index contributed by atoms with van der Waals surface area (Å²) in [5, 5.41) is 8.06. The topological polar surface area (TPSA) is 67.6 Å². The summed E-state index contributed by atoms with van der Waals surface area (Å²) in [6, 6.07) is 22.4. The van der Waals surface area contributed by atoms with Crippen LogP contribution in [0.1, 0.15) is 41.9 Å². The van der Waals surface area contributed by atoms with Gasteiger partial charge in [-0.15, -0.1) is 0 Å². The van der Waals surface area contributed by atoms with Gasteiger partial charge in [0.05, 0.1) is 29.7 Å². The normalized spacial score (nSPS) is 14.5. The van der Waals surface area contributed by atoms with Crippen molar-refractivity contribution in [2.75, 3.05) is 38.8 Å². The molecule has 198 valence electrons. The highest BCUT2D eigenvalue weighted by molar-refractivity contribution is 5.76. The van der Waals surface area contributed by atoms with Crippen molar-refractivity contribution in [2.45, 2.75) is 32.9 Å². The van der Waals surface area contributed by atoms with E-state index in [-0.39, 0.29) is 12.1 Å². The monoisotopic (exact) mass is 512 g/mol. The van der Waals surface area contributed by atoms with Crippen LogP contribution in [-0.2, 0) is 11.3 Å². The Morgan fingerprint density at radius 1 is 1.08 bits per heavy atom. The first kappa shape index (κ1) is 25.6. The molecule has 0 saturated carbocycles. The first-order valence-electron chi connectivity index (χ1n) is 13.2. The van der Waals surface area contributed by atoms with Gasteiger partial charge in [-0.1, -0.05) is 30.3 Å². The second kappa shape index (κ2) is 11.1. The van der Waals surface area contributed by atoms with E-state index in [4.69, 9.17) is 9.84 Å². The van der Waals surface area contributed by atoms with Gasteiger partial charge in [-0.05, 0) is 62.2 Å². The molecule has 0 saturated heterocycles. The Morgan fingerprint density at radius 3 is 2.55 bits per heavy atom. The first-order chi connectivity index (χ1) is 18.5. The highest BCUT2D eigenvalue weighted by atomic mass is 16.5. The molecule has 4 aromatic rings. The molecule has 0 aliphatic carbocycles. The summed E-state index contributed by atoms with van der Waals surface area (Å²) in [5.41, 5.74) is 6.11. The number of carbonyl (C=O) groups is 1. The zero-order valence-electron chi connectivity index (χ0n) is 22.6. The maximum absolute atomic E-state index is 13.8. The first-order valence-corrected chi connectivity index (χ1v) is 13.2. The van der Waals surface area contributed by atoms with Gasteiger partial charge < -0.3 is 24.4 Å². The number of aryl methyl sites for hydroxylation is 1. The number of urea groups is 1. The Bertz CT molecular complexity index is 1370. The van der Waals surface area contributed by atoms with Gasteiger partial charge in [-0.3, -0.25) is 0 Å². The van der Waals surface area contributed by atoms with E-state index in [1.807, 2.05) is 61.8 Å². The third kappa shape index (κ3) is 4.91. The van der Waals surface area contributed by atoms with Gasteiger partial charge in [0.25, 0.3) is 0 Å². The van der Waals surface area contributed by atoms with Crippen molar-refractivity contribution in [2.24, 2.45) is 0 Å². The Balaban J connectivity index is 1.60. The summed E-state index contributed by atoms with van der Waals surface area (Å²) >= 11 is 0. The summed E-state index contributed by atoms with van der Waals surface area (Å²) in [6.45, 7) is 6.29. The fourth-order valence-electron chi connectivity index (χ4n) is 5.07. The van der Waals surface area contributed by atoms with Gasteiger partial charge in [0, 0.05) is 51.3 Å². The summed E-state index contributed by atoms with van der Waals surface area (Å²) in [4.78, 5) is 17.8. The highest BCUT2D eigenvalue weighted by Gasteiger charge is 2.35. The average molecular weight is 513 g/mol. The molecular formula is C30H36N6O2. The zero-order chi connectivity index (χ0) is 26.6. The fourth-order valence-corrected chi connectivity index (χ4v) is 5.07. The Morgan fingerprint density at radius 2 is 1.84 bits per heavy atom. The molecule has 0 bridgehead atoms. The van der Waals surface area contributed by atoms with Crippen LogP contribution in [0.4, 0.5) is 10.5 Å². The van der Waals surface area contributed by atoms with Crippen LogP contribution in [0.25, 0.3) is 11.5 Å². The molecule has 3 heterocycles. The molecule has 1 atom stereocenters. The number of benzene rings is 2. The molecule has 0 spiro atoms. The van der Waals surface area contributed by atoms with Crippen LogP contribution in [0.5, 0.6) is 0 Å². The molecule has 5 rings (SSSR count). The molecule has 1 N–H and O–H groups in total. The fraction of sp³-hybridized carbons (Fsp3) is 0.333. The number of ether oxygens (including phenoxy) is 1. The Kier molecular flexibility index (Phi) is 7.51. The number of anilines is 1. The van der Waals surface area contributed by atoms with Gasteiger partial charge in [-0.2, -0.15) is 5.10 Å². The van der Waals surface area contributed by atoms with Crippen LogP contribution >= 0.6 is 0 Å². The lowest BCUT2D eigenvalue weighted by Crippen LogP contribution is -2.42. The van der Waals surface area contributed by atoms with E-state index in [2.05, 4.69) is 63.4 Å². The minimum Gasteiger partial charge on any atom is -0.382 e. The molecule has 1 aliphatic rings. The number of carbonyl (C=O) groups excluding carboxylic acids is 1. The molecule has 0 fully saturated rings. The largest absolute Gasteiger partial charge is 0.382 e. The number of para-hydroxylation sites is 1. The third-order valence-electron chi connectivity index (χ3n) is 7.02. The number of rotatable bonds is 8. The second-order valence-corrected chi connectivity index (χ2v) is 9.74. The van der Waals surface area contributed by atoms with Crippen LogP contribution in [0.3, 0.4) is 0 Å². The number of nitrogens with zero attached hydrogens (tertiary/aromatic N) is 5. The van der Waals surface area contributed by atoms with Crippen molar-refractivity contribution < 1.29 is 9.53 Å². The number of hydrogen-bond donors (Lipinski definition) is 1. The lowest BCUT2D eigenvalue weighted by Gasteiger charge is -2.31. The van der Waals surface area contributed by atoms with Crippen molar-refractivity contribution in [3.63, 3.8) is 0 Å². The minimum atomic E-state index is -0.274. The van der Waals surface area contributed by atoms with Crippen LogP contribution in [0.2, 0.25) is 0 Å². The Labute approximate surface area is 224 Å². The predicted molar refractivity (Wildman–Crippen MR) is 150 cm³/mol. The van der Waals surface area contributed by atoms with Gasteiger partial charge in [-0.25, -0.2) is 9.48 Å². The zero-order valence-corrected chi connectivity index (χ0v) is 22.6. The van der Waals surface area contributed by atoms with Crippen LogP contribution in [0, 0.1) is 6.92 Å². The highest BCUT2D eigenvalue weighted by Crippen LogP contribution is 2.38. The molecule has 0 radical (unpaired) electrons. The number of nitrogens with one attached hydrogen (secondary N) is 1. The van der Waals surface area contributed by atoms with Crippen LogP contribution in [0.15, 0.2) is 72.9 Å². The quantitative estimate of drug-likeness (QED) is 0.335. The molecule has 8 heteroatoms. The third-order valence-corrected chi connectivity index (χ3v) is 7.02. The van der Waals surface area contributed by atoms with Gasteiger partial charge in [0.2, 0.25) is 0 Å². The number of hydrogen-bond acceptors (Lipinski definition) is 4. The summed E-state index contributed by atoms with van der Waals surface area (Å²) in [7, 11) is 4.06. The van der Waals surface area contributed by atoms with E-state index in [9.17, 15) is 4.79 Å². The van der Waals surface area contributed by atoms with E-state index in [1.54, 1.807) is 0 Å². The lowest BCUT2D eigenvalue weighted by molar-refractivity contribution is 0.143. The van der Waals surface area contributed by atoms with Gasteiger partial charge in [0.1, 0.15) is 5.82 Å². The van der Waals surface area contributed by atoms with E-state index in [1.165, 1.54) is 0 Å². The number of amides is 2. The number of aromatic nitrogens is 3. The second-order valence-electron chi connectivity index (χ2n) is 9.74. The summed E-state index contributed by atoms with van der Waals surface area (Å²) < 4.78 is 9.64. The van der Waals surface area contributed by atoms with Gasteiger partial charge in [0.15, 0.2) is 0 Å². The van der Waals surface area contributed by atoms with Crippen molar-refractivity contribution >= 4 is 11.7 Å². The van der Waals surface area contributed by atoms with Gasteiger partial charge >= 0.3 is 6.03 Å². The molecule has 38 heavy (non-hydrogen) atoms. The SMILES string of the molecule is CCOCCCNC(=O)N1Cc2c(C)nn(-c3ccccc3)c2-n2cccc2[C@H]1c1ccc(N(C)C)cc1. The van der Waals surface area contributed by atoms with E-state index >= 15 is 0 Å². The van der Waals surface area contributed by atoms with Crippen LogP contribution < -0.4 is 10.2 Å². The van der Waals surface area contributed by atoms with Crippen molar-refractivity contribution in [3.8, 4) is 11.5 Å². The molecule has 2 amide bonds. The van der Waals surface area contributed by atoms with Crippen molar-refractivity contribution in [1.29, 1.82) is 0 Å². The maximum atomic E-state index is 13.8. The van der Waals surface area contributed by atoms with Crippen molar-refractivity contribution in [3.05, 3.63) is 95.4 Å². The smallest absolute Gasteiger partial charge is 0.318 e. The van der Waals surface area contributed by atoms with E-state index in [0.29, 0.717) is 26.3 Å². The molecule has 8 nitrogen and oxygen atoms in total. The van der Waals surface area contributed by atoms with E-state index < -0.39 is 0 Å². The standard InChI is InChI=1S/C30H36N6O2/c1-5-38-20-10-18-31-30(37)35-21-26-22(2)32-36(25-11-7-6-8-12-25)29(26)34-19-9-13-27(34)28(35)23-14-16-24(17-15-23)33(3)4/h6-9,11-17,19,28H,5,10,18,20-21H2,1-4H3,(H,31,37)/t28-/m1/s1. The summed E-state index contributed by atoms with van der Waals surface area (Å²) in [6.07, 6.45) is 2.83. The predicted octanol–water partition coefficient (Wildman–Crippen LogP) is 5.08. The van der Waals surface area contributed by atoms with Crippen LogP contribution in [-0.4, -0.2) is 59.1 Å². The number of fused-ring (bicyclic) bond motifs is 3. The van der Waals surface area contributed by atoms with Crippen molar-refractivity contribution in [1.82, 2.24) is 24.6 Å². The molecule has 2 aromatic heterocycles. The average Bonchev–Trinajstić information content (AvgIpc) is 3.49. The maximum Gasteiger partial charge on any atom is 0.318 e. The molecular weight excluding hydrogens is 476 g/mol. The van der Waals surface area contributed by atoms with E-state index in [0.717, 1.165) is 46.1 Å². The molecule has 1 aliphatic heterocycles. The Hall–Kier alpha value is -4.04.